The topological polar surface area (TPSA) is 131 Å². The number of carbonyl (C=O) groups is 1. The van der Waals surface area contributed by atoms with Gasteiger partial charge in [0.2, 0.25) is 15.2 Å². The fraction of sp³-hybridized carbons (Fsp3) is 0.130. The van der Waals surface area contributed by atoms with Crippen molar-refractivity contribution in [3.8, 4) is 5.75 Å². The lowest BCUT2D eigenvalue weighted by atomic mass is 10.1. The molecule has 3 aromatic rings. The predicted octanol–water partition coefficient (Wildman–Crippen LogP) is 2.90. The molecule has 0 fully saturated rings. The number of carboxylic acid groups (broad SMARTS) is 1. The summed E-state index contributed by atoms with van der Waals surface area (Å²) in [4.78, 5) is 11.6. The molecule has 4 N–H and O–H groups in total. The van der Waals surface area contributed by atoms with E-state index in [0.29, 0.717) is 24.5 Å². The highest BCUT2D eigenvalue weighted by molar-refractivity contribution is 7.92. The van der Waals surface area contributed by atoms with Crippen LogP contribution in [0.15, 0.2) is 88.9 Å². The summed E-state index contributed by atoms with van der Waals surface area (Å²) in [5, 5.41) is 13.8. The summed E-state index contributed by atoms with van der Waals surface area (Å²) >= 11 is 0. The first-order valence-electron chi connectivity index (χ1n) is 9.73. The van der Waals surface area contributed by atoms with Crippen LogP contribution in [0.2, 0.25) is 0 Å². The number of carboxylic acids is 1. The number of hydrogen-bond acceptors (Lipinski definition) is 7. The standard InChI is InChI=1S/C23H23N3O5S/c24-25-16-18-11-9-17(10-12-18)13-14-31-20-6-4-5-19(15-20)26-22(23(27)28)32(29,30)21-7-2-1-3-8-21/h1-12,15-16,22,26H,13-14,24H2,(H,27,28). The van der Waals surface area contributed by atoms with Crippen LogP contribution in [0, 0.1) is 0 Å². The van der Waals surface area contributed by atoms with Crippen molar-refractivity contribution in [2.45, 2.75) is 16.7 Å². The van der Waals surface area contributed by atoms with E-state index in [2.05, 4.69) is 10.4 Å². The lowest BCUT2D eigenvalue weighted by Crippen LogP contribution is -2.37. The van der Waals surface area contributed by atoms with E-state index in [-0.39, 0.29) is 4.90 Å². The molecule has 0 radical (unpaired) electrons. The molecule has 0 aromatic heterocycles. The minimum absolute atomic E-state index is 0.0731. The molecule has 0 aliphatic heterocycles. The zero-order valence-corrected chi connectivity index (χ0v) is 17.9. The molecular weight excluding hydrogens is 430 g/mol. The van der Waals surface area contributed by atoms with Crippen LogP contribution in [-0.4, -0.2) is 37.7 Å². The third-order valence-corrected chi connectivity index (χ3v) is 6.47. The Kier molecular flexibility index (Phi) is 7.45. The van der Waals surface area contributed by atoms with Crippen molar-refractivity contribution in [1.82, 2.24) is 0 Å². The molecule has 166 valence electrons. The smallest absolute Gasteiger partial charge is 0.342 e. The van der Waals surface area contributed by atoms with Gasteiger partial charge in [-0.05, 0) is 35.4 Å². The van der Waals surface area contributed by atoms with Gasteiger partial charge in [-0.1, -0.05) is 48.5 Å². The lowest BCUT2D eigenvalue weighted by Gasteiger charge is -2.17. The van der Waals surface area contributed by atoms with E-state index in [1.165, 1.54) is 12.1 Å². The predicted molar refractivity (Wildman–Crippen MR) is 123 cm³/mol. The SMILES string of the molecule is NN=Cc1ccc(CCOc2cccc(NC(C(=O)O)S(=O)(=O)c3ccccc3)c2)cc1. The second-order valence-electron chi connectivity index (χ2n) is 6.87. The molecule has 3 aromatic carbocycles. The normalized spacial score (nSPS) is 12.4. The molecular formula is C23H23N3O5S. The number of ether oxygens (including phenoxy) is 1. The Morgan fingerprint density at radius 1 is 1.06 bits per heavy atom. The monoisotopic (exact) mass is 453 g/mol. The summed E-state index contributed by atoms with van der Waals surface area (Å²) < 4.78 is 31.3. The van der Waals surface area contributed by atoms with Gasteiger partial charge in [0.25, 0.3) is 0 Å². The first kappa shape index (κ1) is 22.8. The molecule has 0 heterocycles. The Balaban J connectivity index is 1.66. The molecule has 0 saturated carbocycles. The van der Waals surface area contributed by atoms with Crippen molar-refractivity contribution in [2.75, 3.05) is 11.9 Å². The summed E-state index contributed by atoms with van der Waals surface area (Å²) in [6, 6.07) is 21.7. The zero-order chi connectivity index (χ0) is 23.0. The number of nitrogens with two attached hydrogens (primary N) is 1. The fourth-order valence-corrected chi connectivity index (χ4v) is 4.35. The number of sulfone groups is 1. The Morgan fingerprint density at radius 2 is 1.78 bits per heavy atom. The number of hydrogen-bond donors (Lipinski definition) is 3. The van der Waals surface area contributed by atoms with Gasteiger partial charge in [-0.25, -0.2) is 13.2 Å². The average Bonchev–Trinajstić information content (AvgIpc) is 2.79. The molecule has 1 unspecified atom stereocenters. The van der Waals surface area contributed by atoms with E-state index in [1.54, 1.807) is 48.7 Å². The number of benzene rings is 3. The minimum Gasteiger partial charge on any atom is -0.493 e. The van der Waals surface area contributed by atoms with Gasteiger partial charge in [0, 0.05) is 18.2 Å². The van der Waals surface area contributed by atoms with E-state index < -0.39 is 21.2 Å². The van der Waals surface area contributed by atoms with Gasteiger partial charge in [-0.15, -0.1) is 0 Å². The molecule has 0 amide bonds. The van der Waals surface area contributed by atoms with Crippen molar-refractivity contribution in [3.05, 3.63) is 90.0 Å². The van der Waals surface area contributed by atoms with Crippen molar-refractivity contribution >= 4 is 27.7 Å². The average molecular weight is 454 g/mol. The molecule has 1 atom stereocenters. The maximum absolute atomic E-state index is 12.8. The van der Waals surface area contributed by atoms with Crippen LogP contribution in [0.4, 0.5) is 5.69 Å². The largest absolute Gasteiger partial charge is 0.493 e. The Hall–Kier alpha value is -3.85. The lowest BCUT2D eigenvalue weighted by molar-refractivity contribution is -0.135. The van der Waals surface area contributed by atoms with Gasteiger partial charge in [0.15, 0.2) is 0 Å². The van der Waals surface area contributed by atoms with Crippen LogP contribution in [0.25, 0.3) is 0 Å². The quantitative estimate of drug-likeness (QED) is 0.244. The summed E-state index contributed by atoms with van der Waals surface area (Å²) in [7, 11) is -4.14. The second-order valence-corrected chi connectivity index (χ2v) is 8.90. The molecule has 0 bridgehead atoms. The van der Waals surface area contributed by atoms with Crippen molar-refractivity contribution < 1.29 is 23.1 Å². The number of rotatable bonds is 10. The summed E-state index contributed by atoms with van der Waals surface area (Å²) in [6.45, 7) is 0.387. The molecule has 9 heteroatoms. The highest BCUT2D eigenvalue weighted by Crippen LogP contribution is 2.22. The van der Waals surface area contributed by atoms with Crippen LogP contribution < -0.4 is 15.9 Å². The van der Waals surface area contributed by atoms with E-state index in [9.17, 15) is 18.3 Å². The van der Waals surface area contributed by atoms with Gasteiger partial charge in [0.1, 0.15) is 5.75 Å². The van der Waals surface area contributed by atoms with Crippen molar-refractivity contribution in [2.24, 2.45) is 10.9 Å². The van der Waals surface area contributed by atoms with Crippen LogP contribution in [0.3, 0.4) is 0 Å². The van der Waals surface area contributed by atoms with Gasteiger partial charge in [-0.3, -0.25) is 0 Å². The molecule has 3 rings (SSSR count). The first-order chi connectivity index (χ1) is 15.4. The Bertz CT molecular complexity index is 1180. The summed E-state index contributed by atoms with van der Waals surface area (Å²) in [5.74, 6) is 4.13. The Morgan fingerprint density at radius 3 is 2.44 bits per heavy atom. The number of nitrogens with zero attached hydrogens (tertiary/aromatic N) is 1. The number of aliphatic carboxylic acids is 1. The van der Waals surface area contributed by atoms with E-state index in [1.807, 2.05) is 24.3 Å². The van der Waals surface area contributed by atoms with Gasteiger partial charge in [0.05, 0.1) is 17.7 Å². The zero-order valence-electron chi connectivity index (χ0n) is 17.1. The van der Waals surface area contributed by atoms with Crippen LogP contribution >= 0.6 is 0 Å². The highest BCUT2D eigenvalue weighted by Gasteiger charge is 2.34. The Labute approximate surface area is 186 Å². The van der Waals surface area contributed by atoms with Crippen molar-refractivity contribution in [3.63, 3.8) is 0 Å². The molecule has 8 nitrogen and oxygen atoms in total. The van der Waals surface area contributed by atoms with Gasteiger partial charge in [-0.2, -0.15) is 5.10 Å². The maximum atomic E-state index is 12.8. The molecule has 0 spiro atoms. The first-order valence-corrected chi connectivity index (χ1v) is 11.3. The van der Waals surface area contributed by atoms with Crippen LogP contribution in [-0.2, 0) is 21.1 Å². The van der Waals surface area contributed by atoms with E-state index in [4.69, 9.17) is 10.6 Å². The second kappa shape index (κ2) is 10.5. The number of nitrogens with one attached hydrogen (secondary N) is 1. The van der Waals surface area contributed by atoms with Crippen LogP contribution in [0.5, 0.6) is 5.75 Å². The fourth-order valence-electron chi connectivity index (χ4n) is 2.99. The summed E-state index contributed by atoms with van der Waals surface area (Å²) in [6.07, 6.45) is 2.21. The highest BCUT2D eigenvalue weighted by atomic mass is 32.2. The molecule has 0 aliphatic carbocycles. The third kappa shape index (κ3) is 5.86. The van der Waals surface area contributed by atoms with Gasteiger partial charge < -0.3 is 21.0 Å². The maximum Gasteiger partial charge on any atom is 0.342 e. The van der Waals surface area contributed by atoms with E-state index >= 15 is 0 Å². The van der Waals surface area contributed by atoms with E-state index in [0.717, 1.165) is 11.1 Å². The number of anilines is 1. The molecule has 0 saturated heterocycles. The minimum atomic E-state index is -4.14. The molecule has 32 heavy (non-hydrogen) atoms. The summed E-state index contributed by atoms with van der Waals surface area (Å²) in [5.41, 5.74) is 2.28. The third-order valence-electron chi connectivity index (χ3n) is 4.60. The van der Waals surface area contributed by atoms with Gasteiger partial charge >= 0.3 is 5.97 Å². The van der Waals surface area contributed by atoms with Crippen molar-refractivity contribution in [1.29, 1.82) is 0 Å². The van der Waals surface area contributed by atoms with Crippen LogP contribution in [0.1, 0.15) is 11.1 Å². The molecule has 0 aliphatic rings. The number of hydrazone groups is 1.